The van der Waals surface area contributed by atoms with Crippen molar-refractivity contribution >= 4 is 26.8 Å². The molecule has 0 atom stereocenters. The van der Waals surface area contributed by atoms with E-state index in [0.29, 0.717) is 50.2 Å². The Kier molecular flexibility index (Phi) is 5.40. The highest BCUT2D eigenvalue weighted by Crippen LogP contribution is 2.07. The number of H-pyrrole nitrogens is 1. The molecule has 0 radical (unpaired) electrons. The number of pyridine rings is 1. The lowest BCUT2D eigenvalue weighted by Gasteiger charge is -2.33. The highest BCUT2D eigenvalue weighted by Gasteiger charge is 2.23. The SMILES string of the molecule is CS(=O)(=O)N1CCN(CCNC(=O)c2c[nH]c3ccccc3c2=O)CC1. The van der Waals surface area contributed by atoms with Gasteiger partial charge in [0.05, 0.1) is 6.26 Å². The molecule has 140 valence electrons. The first-order valence-corrected chi connectivity index (χ1v) is 10.3. The fourth-order valence-electron chi connectivity index (χ4n) is 3.04. The summed E-state index contributed by atoms with van der Waals surface area (Å²) >= 11 is 0. The second-order valence-electron chi connectivity index (χ2n) is 6.34. The van der Waals surface area contributed by atoms with Crippen molar-refractivity contribution in [2.45, 2.75) is 0 Å². The smallest absolute Gasteiger partial charge is 0.256 e. The molecule has 1 aromatic carbocycles. The molecule has 1 amide bonds. The van der Waals surface area contributed by atoms with Crippen molar-refractivity contribution in [3.05, 3.63) is 46.2 Å². The maximum absolute atomic E-state index is 12.4. The largest absolute Gasteiger partial charge is 0.360 e. The number of carbonyl (C=O) groups is 1. The molecule has 2 N–H and O–H groups in total. The number of amides is 1. The number of sulfonamides is 1. The number of para-hydroxylation sites is 1. The molecular formula is C17H22N4O4S. The van der Waals surface area contributed by atoms with Crippen LogP contribution in [-0.4, -0.2) is 74.0 Å². The van der Waals surface area contributed by atoms with Gasteiger partial charge in [-0.3, -0.25) is 14.5 Å². The molecular weight excluding hydrogens is 356 g/mol. The number of carbonyl (C=O) groups excluding carboxylic acids is 1. The Balaban J connectivity index is 1.54. The quantitative estimate of drug-likeness (QED) is 0.752. The monoisotopic (exact) mass is 378 g/mol. The van der Waals surface area contributed by atoms with Gasteiger partial charge >= 0.3 is 0 Å². The van der Waals surface area contributed by atoms with Gasteiger partial charge in [-0.2, -0.15) is 4.31 Å². The van der Waals surface area contributed by atoms with E-state index < -0.39 is 15.9 Å². The van der Waals surface area contributed by atoms with Crippen LogP contribution in [0.4, 0.5) is 0 Å². The van der Waals surface area contributed by atoms with E-state index in [4.69, 9.17) is 0 Å². The normalized spacial score (nSPS) is 16.7. The summed E-state index contributed by atoms with van der Waals surface area (Å²) in [7, 11) is -3.14. The molecule has 1 fully saturated rings. The summed E-state index contributed by atoms with van der Waals surface area (Å²) in [5, 5.41) is 3.24. The first-order chi connectivity index (χ1) is 12.4. The van der Waals surface area contributed by atoms with Crippen LogP contribution in [0.25, 0.3) is 10.9 Å². The number of benzene rings is 1. The minimum Gasteiger partial charge on any atom is -0.360 e. The van der Waals surface area contributed by atoms with Crippen LogP contribution in [0.5, 0.6) is 0 Å². The Hall–Kier alpha value is -2.23. The number of rotatable bonds is 5. The second kappa shape index (κ2) is 7.56. The van der Waals surface area contributed by atoms with Crippen LogP contribution >= 0.6 is 0 Å². The highest BCUT2D eigenvalue weighted by atomic mass is 32.2. The van der Waals surface area contributed by atoms with Crippen molar-refractivity contribution < 1.29 is 13.2 Å². The summed E-state index contributed by atoms with van der Waals surface area (Å²) in [6.45, 7) is 3.16. The van der Waals surface area contributed by atoms with Crippen LogP contribution in [0.15, 0.2) is 35.3 Å². The van der Waals surface area contributed by atoms with Crippen LogP contribution in [-0.2, 0) is 10.0 Å². The standard InChI is InChI=1S/C17H22N4O4S/c1-26(24,25)21-10-8-20(9-11-21)7-6-18-17(23)14-12-19-15-5-3-2-4-13(15)16(14)22/h2-5,12H,6-11H2,1H3,(H,18,23)(H,19,22). The zero-order chi connectivity index (χ0) is 18.7. The molecule has 1 aliphatic rings. The molecule has 1 aliphatic heterocycles. The second-order valence-corrected chi connectivity index (χ2v) is 8.32. The number of hydrogen-bond donors (Lipinski definition) is 2. The van der Waals surface area contributed by atoms with E-state index >= 15 is 0 Å². The third kappa shape index (κ3) is 4.12. The molecule has 26 heavy (non-hydrogen) atoms. The minimum atomic E-state index is -3.14. The van der Waals surface area contributed by atoms with Crippen molar-refractivity contribution in [2.24, 2.45) is 0 Å². The number of nitrogens with zero attached hydrogens (tertiary/aromatic N) is 2. The van der Waals surface area contributed by atoms with Crippen LogP contribution < -0.4 is 10.7 Å². The van der Waals surface area contributed by atoms with E-state index in [1.54, 1.807) is 18.2 Å². The first kappa shape index (κ1) is 18.6. The Morgan fingerprint density at radius 1 is 1.19 bits per heavy atom. The van der Waals surface area contributed by atoms with Crippen LogP contribution in [0.2, 0.25) is 0 Å². The topological polar surface area (TPSA) is 103 Å². The number of piperazine rings is 1. The van der Waals surface area contributed by atoms with E-state index in [-0.39, 0.29) is 11.0 Å². The lowest BCUT2D eigenvalue weighted by Crippen LogP contribution is -2.50. The van der Waals surface area contributed by atoms with Gasteiger partial charge in [-0.15, -0.1) is 0 Å². The molecule has 9 heteroatoms. The summed E-state index contributed by atoms with van der Waals surface area (Å²) in [5.74, 6) is -0.410. The van der Waals surface area contributed by atoms with Crippen molar-refractivity contribution in [2.75, 3.05) is 45.5 Å². The lowest BCUT2D eigenvalue weighted by molar-refractivity contribution is 0.0944. The summed E-state index contributed by atoms with van der Waals surface area (Å²) in [6.07, 6.45) is 2.65. The van der Waals surface area contributed by atoms with E-state index in [0.717, 1.165) is 0 Å². The first-order valence-electron chi connectivity index (χ1n) is 8.42. The van der Waals surface area contributed by atoms with E-state index in [1.807, 2.05) is 6.07 Å². The number of aromatic amines is 1. The molecule has 3 rings (SSSR count). The summed E-state index contributed by atoms with van der Waals surface area (Å²) < 4.78 is 24.4. The molecule has 1 aromatic heterocycles. The van der Waals surface area contributed by atoms with Crippen molar-refractivity contribution in [1.82, 2.24) is 19.5 Å². The van der Waals surface area contributed by atoms with Gasteiger partial charge in [-0.05, 0) is 12.1 Å². The van der Waals surface area contributed by atoms with Gasteiger partial charge in [0.1, 0.15) is 5.56 Å². The third-order valence-corrected chi connectivity index (χ3v) is 5.85. The van der Waals surface area contributed by atoms with Gasteiger partial charge in [-0.1, -0.05) is 12.1 Å². The van der Waals surface area contributed by atoms with Crippen molar-refractivity contribution in [3.63, 3.8) is 0 Å². The Morgan fingerprint density at radius 2 is 1.88 bits per heavy atom. The number of hydrogen-bond acceptors (Lipinski definition) is 5. The molecule has 0 unspecified atom stereocenters. The van der Waals surface area contributed by atoms with Crippen LogP contribution in [0.1, 0.15) is 10.4 Å². The summed E-state index contributed by atoms with van der Waals surface area (Å²) in [4.78, 5) is 29.8. The third-order valence-electron chi connectivity index (χ3n) is 4.55. The van der Waals surface area contributed by atoms with E-state index in [9.17, 15) is 18.0 Å². The maximum atomic E-state index is 12.4. The van der Waals surface area contributed by atoms with E-state index in [2.05, 4.69) is 15.2 Å². The van der Waals surface area contributed by atoms with Gasteiger partial charge < -0.3 is 10.3 Å². The average Bonchev–Trinajstić information content (AvgIpc) is 2.62. The number of fused-ring (bicyclic) bond motifs is 1. The van der Waals surface area contributed by atoms with Gasteiger partial charge in [0, 0.05) is 56.4 Å². The van der Waals surface area contributed by atoms with Crippen molar-refractivity contribution in [1.29, 1.82) is 0 Å². The van der Waals surface area contributed by atoms with Gasteiger partial charge in [-0.25, -0.2) is 8.42 Å². The Labute approximate surface area is 151 Å². The molecule has 8 nitrogen and oxygen atoms in total. The van der Waals surface area contributed by atoms with Crippen LogP contribution in [0.3, 0.4) is 0 Å². The molecule has 0 saturated carbocycles. The van der Waals surface area contributed by atoms with Gasteiger partial charge in [0.2, 0.25) is 15.5 Å². The van der Waals surface area contributed by atoms with Gasteiger partial charge in [0.15, 0.2) is 0 Å². The molecule has 1 saturated heterocycles. The average molecular weight is 378 g/mol. The minimum absolute atomic E-state index is 0.0885. The Morgan fingerprint density at radius 3 is 2.58 bits per heavy atom. The maximum Gasteiger partial charge on any atom is 0.256 e. The lowest BCUT2D eigenvalue weighted by atomic mass is 10.1. The van der Waals surface area contributed by atoms with Crippen molar-refractivity contribution in [3.8, 4) is 0 Å². The summed E-state index contributed by atoms with van der Waals surface area (Å²) in [5.41, 5.74) is 0.488. The Bertz CT molecular complexity index is 962. The molecule has 0 aliphatic carbocycles. The van der Waals surface area contributed by atoms with E-state index in [1.165, 1.54) is 16.8 Å². The zero-order valence-electron chi connectivity index (χ0n) is 14.6. The fraction of sp³-hybridized carbons (Fsp3) is 0.412. The number of aromatic nitrogens is 1. The highest BCUT2D eigenvalue weighted by molar-refractivity contribution is 7.88. The molecule has 0 bridgehead atoms. The predicted octanol–water partition coefficient (Wildman–Crippen LogP) is -0.165. The van der Waals surface area contributed by atoms with Crippen LogP contribution in [0, 0.1) is 0 Å². The molecule has 0 spiro atoms. The zero-order valence-corrected chi connectivity index (χ0v) is 15.4. The molecule has 2 aromatic rings. The number of nitrogens with one attached hydrogen (secondary N) is 2. The predicted molar refractivity (Wildman–Crippen MR) is 99.8 cm³/mol. The van der Waals surface area contributed by atoms with Gasteiger partial charge in [0.25, 0.3) is 5.91 Å². The molecule has 2 heterocycles. The fourth-order valence-corrected chi connectivity index (χ4v) is 3.87. The summed E-state index contributed by atoms with van der Waals surface area (Å²) in [6, 6.07) is 7.05.